The van der Waals surface area contributed by atoms with E-state index >= 15 is 0 Å². The molecule has 3 aromatic rings. The maximum absolute atomic E-state index is 14.1. The summed E-state index contributed by atoms with van der Waals surface area (Å²) in [4.78, 5) is 23.4. The second-order valence-corrected chi connectivity index (χ2v) is 6.73. The molecule has 0 bridgehead atoms. The monoisotopic (exact) mass is 371 g/mol. The SMILES string of the molecule is O=C(NCC1CCCC1)c1ncc(-c2cncn2-c2cccc(F)c2F)[nH]1. The van der Waals surface area contributed by atoms with Crippen LogP contribution in [0.3, 0.4) is 0 Å². The Bertz CT molecular complexity index is 959. The Morgan fingerprint density at radius 1 is 1.26 bits per heavy atom. The van der Waals surface area contributed by atoms with E-state index < -0.39 is 11.6 Å². The summed E-state index contributed by atoms with van der Waals surface area (Å²) in [7, 11) is 0. The van der Waals surface area contributed by atoms with Crippen LogP contribution in [-0.2, 0) is 0 Å². The molecule has 0 atom stereocenters. The number of hydrogen-bond acceptors (Lipinski definition) is 3. The number of aromatic amines is 1. The summed E-state index contributed by atoms with van der Waals surface area (Å²) in [6, 6.07) is 3.93. The van der Waals surface area contributed by atoms with Crippen molar-refractivity contribution in [1.82, 2.24) is 24.8 Å². The van der Waals surface area contributed by atoms with Crippen molar-refractivity contribution in [2.45, 2.75) is 25.7 Å². The lowest BCUT2D eigenvalue weighted by Crippen LogP contribution is -2.29. The van der Waals surface area contributed by atoms with E-state index in [9.17, 15) is 13.6 Å². The van der Waals surface area contributed by atoms with E-state index in [1.165, 1.54) is 48.3 Å². The normalized spacial score (nSPS) is 14.6. The summed E-state index contributed by atoms with van der Waals surface area (Å²) < 4.78 is 29.1. The van der Waals surface area contributed by atoms with Gasteiger partial charge < -0.3 is 10.3 Å². The predicted octanol–water partition coefficient (Wildman–Crippen LogP) is 3.46. The van der Waals surface area contributed by atoms with Gasteiger partial charge in [0.05, 0.1) is 35.8 Å². The van der Waals surface area contributed by atoms with Gasteiger partial charge >= 0.3 is 0 Å². The molecular weight excluding hydrogens is 352 g/mol. The minimum atomic E-state index is -0.967. The maximum Gasteiger partial charge on any atom is 0.287 e. The van der Waals surface area contributed by atoms with Gasteiger partial charge in [-0.15, -0.1) is 0 Å². The average molecular weight is 371 g/mol. The quantitative estimate of drug-likeness (QED) is 0.721. The van der Waals surface area contributed by atoms with Gasteiger partial charge in [0.15, 0.2) is 17.5 Å². The van der Waals surface area contributed by atoms with Gasteiger partial charge in [-0.3, -0.25) is 9.36 Å². The van der Waals surface area contributed by atoms with Gasteiger partial charge in [-0.05, 0) is 30.9 Å². The molecule has 0 saturated heterocycles. The molecule has 8 heteroatoms. The van der Waals surface area contributed by atoms with E-state index in [1.807, 2.05) is 0 Å². The number of carbonyl (C=O) groups is 1. The number of benzene rings is 1. The Kier molecular flexibility index (Phi) is 4.70. The number of amides is 1. The first-order valence-electron chi connectivity index (χ1n) is 8.94. The number of aromatic nitrogens is 4. The first kappa shape index (κ1) is 17.4. The first-order valence-corrected chi connectivity index (χ1v) is 8.94. The van der Waals surface area contributed by atoms with Crippen LogP contribution in [0.4, 0.5) is 8.78 Å². The fourth-order valence-corrected chi connectivity index (χ4v) is 3.47. The Hall–Kier alpha value is -3.03. The van der Waals surface area contributed by atoms with E-state index in [0.717, 1.165) is 18.9 Å². The summed E-state index contributed by atoms with van der Waals surface area (Å²) in [6.45, 7) is 0.640. The van der Waals surface area contributed by atoms with Gasteiger partial charge in [0.25, 0.3) is 5.91 Å². The van der Waals surface area contributed by atoms with E-state index in [0.29, 0.717) is 23.9 Å². The Morgan fingerprint density at radius 3 is 2.89 bits per heavy atom. The minimum Gasteiger partial charge on any atom is -0.349 e. The molecule has 4 rings (SSSR count). The average Bonchev–Trinajstić information content (AvgIpc) is 3.42. The second-order valence-electron chi connectivity index (χ2n) is 6.73. The van der Waals surface area contributed by atoms with Crippen LogP contribution in [-0.4, -0.2) is 32.0 Å². The molecule has 6 nitrogen and oxygen atoms in total. The summed E-state index contributed by atoms with van der Waals surface area (Å²) in [5, 5.41) is 2.90. The highest BCUT2D eigenvalue weighted by atomic mass is 19.2. The third-order valence-electron chi connectivity index (χ3n) is 4.92. The zero-order chi connectivity index (χ0) is 18.8. The molecule has 140 valence electrons. The lowest BCUT2D eigenvalue weighted by Gasteiger charge is -2.09. The second kappa shape index (κ2) is 7.30. The van der Waals surface area contributed by atoms with Crippen LogP contribution in [0.15, 0.2) is 36.9 Å². The number of H-pyrrole nitrogens is 1. The van der Waals surface area contributed by atoms with E-state index in [1.54, 1.807) is 0 Å². The lowest BCUT2D eigenvalue weighted by atomic mass is 10.1. The van der Waals surface area contributed by atoms with Crippen molar-refractivity contribution in [2.24, 2.45) is 5.92 Å². The fourth-order valence-electron chi connectivity index (χ4n) is 3.47. The Balaban J connectivity index is 1.55. The van der Waals surface area contributed by atoms with Crippen LogP contribution in [0.2, 0.25) is 0 Å². The number of carbonyl (C=O) groups excluding carboxylic acids is 1. The molecule has 1 aliphatic rings. The maximum atomic E-state index is 14.1. The molecule has 1 fully saturated rings. The summed E-state index contributed by atoms with van der Waals surface area (Å²) in [6.07, 6.45) is 9.07. The lowest BCUT2D eigenvalue weighted by molar-refractivity contribution is 0.0938. The highest BCUT2D eigenvalue weighted by Gasteiger charge is 2.19. The molecule has 0 radical (unpaired) electrons. The predicted molar refractivity (Wildman–Crippen MR) is 95.4 cm³/mol. The van der Waals surface area contributed by atoms with E-state index in [4.69, 9.17) is 0 Å². The molecule has 2 heterocycles. The third kappa shape index (κ3) is 3.47. The summed E-state index contributed by atoms with van der Waals surface area (Å²) >= 11 is 0. The Labute approximate surface area is 154 Å². The summed E-state index contributed by atoms with van der Waals surface area (Å²) in [5.41, 5.74) is 0.994. The molecule has 0 aliphatic heterocycles. The highest BCUT2D eigenvalue weighted by Crippen LogP contribution is 2.25. The van der Waals surface area contributed by atoms with Gasteiger partial charge in [-0.1, -0.05) is 18.9 Å². The molecule has 1 saturated carbocycles. The molecule has 0 unspecified atom stereocenters. The zero-order valence-electron chi connectivity index (χ0n) is 14.6. The van der Waals surface area contributed by atoms with Crippen LogP contribution in [0, 0.1) is 17.6 Å². The zero-order valence-corrected chi connectivity index (χ0v) is 14.6. The van der Waals surface area contributed by atoms with Crippen molar-refractivity contribution >= 4 is 5.91 Å². The highest BCUT2D eigenvalue weighted by molar-refractivity contribution is 5.91. The number of hydrogen-bond donors (Lipinski definition) is 2. The molecule has 2 N–H and O–H groups in total. The third-order valence-corrected chi connectivity index (χ3v) is 4.92. The first-order chi connectivity index (χ1) is 13.1. The van der Waals surface area contributed by atoms with E-state index in [2.05, 4.69) is 20.3 Å². The van der Waals surface area contributed by atoms with Gasteiger partial charge in [0.1, 0.15) is 0 Å². The molecule has 27 heavy (non-hydrogen) atoms. The van der Waals surface area contributed by atoms with Gasteiger partial charge in [-0.2, -0.15) is 0 Å². The van der Waals surface area contributed by atoms with Crippen LogP contribution >= 0.6 is 0 Å². The van der Waals surface area contributed by atoms with Crippen molar-refractivity contribution in [3.63, 3.8) is 0 Å². The van der Waals surface area contributed by atoms with Crippen molar-refractivity contribution in [1.29, 1.82) is 0 Å². The van der Waals surface area contributed by atoms with Crippen LogP contribution in [0.5, 0.6) is 0 Å². The van der Waals surface area contributed by atoms with Crippen molar-refractivity contribution < 1.29 is 13.6 Å². The fraction of sp³-hybridized carbons (Fsp3) is 0.316. The van der Waals surface area contributed by atoms with Gasteiger partial charge in [0.2, 0.25) is 0 Å². The number of nitrogens with one attached hydrogen (secondary N) is 2. The van der Waals surface area contributed by atoms with Gasteiger partial charge in [-0.25, -0.2) is 18.7 Å². The number of halogens is 2. The number of rotatable bonds is 5. The Morgan fingerprint density at radius 2 is 2.07 bits per heavy atom. The largest absolute Gasteiger partial charge is 0.349 e. The van der Waals surface area contributed by atoms with Crippen LogP contribution < -0.4 is 5.32 Å². The van der Waals surface area contributed by atoms with Gasteiger partial charge in [0, 0.05) is 6.54 Å². The minimum absolute atomic E-state index is 0.0318. The van der Waals surface area contributed by atoms with Crippen molar-refractivity contribution in [2.75, 3.05) is 6.54 Å². The standard InChI is InChI=1S/C19H19F2N5O/c20-13-6-3-7-15(17(13)21)26-11-22-10-16(26)14-9-23-18(25-14)19(27)24-8-12-4-1-2-5-12/h3,6-7,9-12H,1-2,4-5,8H2,(H,23,25)(H,24,27). The molecule has 1 amide bonds. The molecule has 1 aliphatic carbocycles. The van der Waals surface area contributed by atoms with E-state index in [-0.39, 0.29) is 17.4 Å². The summed E-state index contributed by atoms with van der Waals surface area (Å²) in [5.74, 6) is -1.48. The molecular formula is C19H19F2N5O. The molecule has 0 spiro atoms. The smallest absolute Gasteiger partial charge is 0.287 e. The molecule has 1 aromatic carbocycles. The van der Waals surface area contributed by atoms with Crippen LogP contribution in [0.1, 0.15) is 36.3 Å². The molecule has 2 aromatic heterocycles. The number of nitrogens with zero attached hydrogens (tertiary/aromatic N) is 3. The van der Waals surface area contributed by atoms with Crippen molar-refractivity contribution in [3.8, 4) is 17.1 Å². The topological polar surface area (TPSA) is 75.6 Å². The number of imidazole rings is 2. The van der Waals surface area contributed by atoms with Crippen molar-refractivity contribution in [3.05, 3.63) is 54.4 Å². The van der Waals surface area contributed by atoms with Crippen LogP contribution in [0.25, 0.3) is 17.1 Å².